The van der Waals surface area contributed by atoms with Crippen LogP contribution in [0.4, 0.5) is 0 Å². The molecule has 3 rings (SSSR count). The van der Waals surface area contributed by atoms with Crippen molar-refractivity contribution >= 4 is 5.91 Å². The lowest BCUT2D eigenvalue weighted by molar-refractivity contribution is -0.133. The first kappa shape index (κ1) is 19.4. The van der Waals surface area contributed by atoms with Crippen molar-refractivity contribution in [3.63, 3.8) is 0 Å². The van der Waals surface area contributed by atoms with Crippen LogP contribution in [0.1, 0.15) is 56.7 Å². The van der Waals surface area contributed by atoms with E-state index >= 15 is 0 Å². The summed E-state index contributed by atoms with van der Waals surface area (Å²) in [5.41, 5.74) is 0. The summed E-state index contributed by atoms with van der Waals surface area (Å²) in [7, 11) is 1.72. The number of hydrogen-bond donors (Lipinski definition) is 0. The Labute approximate surface area is 157 Å². The van der Waals surface area contributed by atoms with Crippen molar-refractivity contribution in [3.05, 3.63) is 18.2 Å². The Morgan fingerprint density at radius 1 is 1.15 bits per heavy atom. The van der Waals surface area contributed by atoms with Gasteiger partial charge in [-0.15, -0.1) is 0 Å². The second-order valence-electron chi connectivity index (χ2n) is 7.69. The summed E-state index contributed by atoms with van der Waals surface area (Å²) in [6, 6.07) is 0. The molecule has 2 saturated heterocycles. The summed E-state index contributed by atoms with van der Waals surface area (Å²) in [4.78, 5) is 21.9. The monoisotopic (exact) mass is 362 g/mol. The Balaban J connectivity index is 1.55. The van der Waals surface area contributed by atoms with Crippen LogP contribution in [0.2, 0.25) is 0 Å². The van der Waals surface area contributed by atoms with Gasteiger partial charge in [0.05, 0.1) is 13.2 Å². The van der Waals surface area contributed by atoms with Crippen molar-refractivity contribution in [2.45, 2.75) is 57.4 Å². The van der Waals surface area contributed by atoms with Crippen molar-refractivity contribution in [2.75, 3.05) is 46.4 Å². The average molecular weight is 363 g/mol. The molecule has 1 aromatic heterocycles. The molecule has 0 saturated carbocycles. The average Bonchev–Trinajstić information content (AvgIpc) is 3.10. The first-order chi connectivity index (χ1) is 12.8. The summed E-state index contributed by atoms with van der Waals surface area (Å²) in [5, 5.41) is 0. The number of nitrogens with zero attached hydrogens (tertiary/aromatic N) is 4. The van der Waals surface area contributed by atoms with Crippen LogP contribution in [-0.4, -0.2) is 71.7 Å². The van der Waals surface area contributed by atoms with Crippen LogP contribution < -0.4 is 0 Å². The maximum Gasteiger partial charge on any atom is 0.236 e. The quantitative estimate of drug-likeness (QED) is 0.780. The molecule has 0 radical (unpaired) electrons. The highest BCUT2D eigenvalue weighted by atomic mass is 16.5. The van der Waals surface area contributed by atoms with Crippen molar-refractivity contribution in [2.24, 2.45) is 0 Å². The minimum Gasteiger partial charge on any atom is -0.383 e. The van der Waals surface area contributed by atoms with Gasteiger partial charge in [-0.2, -0.15) is 0 Å². The van der Waals surface area contributed by atoms with E-state index in [1.54, 1.807) is 7.11 Å². The number of ether oxygens (including phenoxy) is 1. The number of piperidine rings is 1. The molecule has 0 aliphatic carbocycles. The summed E-state index contributed by atoms with van der Waals surface area (Å²) >= 11 is 0. The van der Waals surface area contributed by atoms with Crippen LogP contribution in [0.15, 0.2) is 12.4 Å². The number of rotatable bonds is 6. The van der Waals surface area contributed by atoms with Crippen LogP contribution in [0, 0.1) is 0 Å². The van der Waals surface area contributed by atoms with Gasteiger partial charge in [-0.1, -0.05) is 19.3 Å². The first-order valence-corrected chi connectivity index (χ1v) is 10.3. The summed E-state index contributed by atoms with van der Waals surface area (Å²) in [5.74, 6) is 1.74. The second-order valence-corrected chi connectivity index (χ2v) is 7.69. The minimum atomic E-state index is 0.297. The van der Waals surface area contributed by atoms with Gasteiger partial charge in [-0.25, -0.2) is 4.98 Å². The molecule has 2 aliphatic heterocycles. The van der Waals surface area contributed by atoms with Crippen molar-refractivity contribution < 1.29 is 9.53 Å². The third-order valence-electron chi connectivity index (χ3n) is 5.73. The van der Waals surface area contributed by atoms with Gasteiger partial charge in [0, 0.05) is 45.1 Å². The van der Waals surface area contributed by atoms with E-state index in [2.05, 4.69) is 19.4 Å². The molecule has 0 N–H and O–H groups in total. The van der Waals surface area contributed by atoms with Gasteiger partial charge >= 0.3 is 0 Å². The van der Waals surface area contributed by atoms with E-state index in [1.807, 2.05) is 12.4 Å². The lowest BCUT2D eigenvalue weighted by Gasteiger charge is -2.34. The number of carbonyl (C=O) groups excluding carboxylic acids is 1. The highest BCUT2D eigenvalue weighted by Gasteiger charge is 2.28. The summed E-state index contributed by atoms with van der Waals surface area (Å²) in [6.45, 7) is 5.94. The molecule has 1 aromatic rings. The van der Waals surface area contributed by atoms with E-state index < -0.39 is 0 Å². The van der Waals surface area contributed by atoms with Crippen LogP contribution in [0.5, 0.6) is 0 Å². The third-order valence-corrected chi connectivity index (χ3v) is 5.73. The fourth-order valence-corrected chi connectivity index (χ4v) is 4.24. The molecule has 146 valence electrons. The summed E-state index contributed by atoms with van der Waals surface area (Å²) < 4.78 is 7.38. The Hall–Kier alpha value is -1.40. The molecule has 6 nitrogen and oxygen atoms in total. The topological polar surface area (TPSA) is 50.6 Å². The van der Waals surface area contributed by atoms with Crippen LogP contribution >= 0.6 is 0 Å². The maximum absolute atomic E-state index is 12.9. The lowest BCUT2D eigenvalue weighted by atomic mass is 9.97. The molecule has 2 fully saturated rings. The van der Waals surface area contributed by atoms with Gasteiger partial charge < -0.3 is 14.2 Å². The molecule has 1 unspecified atom stereocenters. The zero-order valence-corrected chi connectivity index (χ0v) is 16.2. The number of amides is 1. The van der Waals surface area contributed by atoms with Gasteiger partial charge in [0.2, 0.25) is 5.91 Å². The first-order valence-electron chi connectivity index (χ1n) is 10.3. The molecule has 0 spiro atoms. The molecule has 1 atom stereocenters. The van der Waals surface area contributed by atoms with E-state index in [0.29, 0.717) is 25.0 Å². The molecule has 0 aromatic carbocycles. The normalized spacial score (nSPS) is 22.8. The van der Waals surface area contributed by atoms with E-state index in [1.165, 1.54) is 32.1 Å². The highest BCUT2D eigenvalue weighted by molar-refractivity contribution is 5.78. The van der Waals surface area contributed by atoms with Crippen molar-refractivity contribution in [3.8, 4) is 0 Å². The number of carbonyl (C=O) groups is 1. The molecule has 1 amide bonds. The van der Waals surface area contributed by atoms with Crippen molar-refractivity contribution in [1.82, 2.24) is 19.4 Å². The van der Waals surface area contributed by atoms with E-state index in [9.17, 15) is 4.79 Å². The fourth-order valence-electron chi connectivity index (χ4n) is 4.24. The number of methoxy groups -OCH3 is 1. The molecule has 2 aliphatic rings. The van der Waals surface area contributed by atoms with Gasteiger partial charge in [0.15, 0.2) is 0 Å². The van der Waals surface area contributed by atoms with Gasteiger partial charge in [-0.05, 0) is 38.8 Å². The molecule has 6 heteroatoms. The number of aromatic nitrogens is 2. The van der Waals surface area contributed by atoms with Crippen LogP contribution in [0.3, 0.4) is 0 Å². The Bertz CT molecular complexity index is 552. The van der Waals surface area contributed by atoms with Gasteiger partial charge in [-0.3, -0.25) is 9.69 Å². The standard InChI is InChI=1S/C20H34N4O2/c1-26-15-14-23-13-9-21-20(23)18-8-7-12-24(16-18)19(25)17-22-10-5-3-2-4-6-11-22/h9,13,18H,2-8,10-12,14-17H2,1H3. The maximum atomic E-state index is 12.9. The minimum absolute atomic E-state index is 0.297. The molecule has 3 heterocycles. The Morgan fingerprint density at radius 3 is 2.69 bits per heavy atom. The SMILES string of the molecule is COCCn1ccnc1C1CCCN(C(=O)CN2CCCCCCC2)C1. The predicted octanol–water partition coefficient (Wildman–Crippen LogP) is 2.50. The smallest absolute Gasteiger partial charge is 0.236 e. The van der Waals surface area contributed by atoms with E-state index in [-0.39, 0.29) is 0 Å². The van der Waals surface area contributed by atoms with Gasteiger partial charge in [0.1, 0.15) is 5.82 Å². The third kappa shape index (κ3) is 5.30. The predicted molar refractivity (Wildman–Crippen MR) is 102 cm³/mol. The number of imidazole rings is 1. The lowest BCUT2D eigenvalue weighted by Crippen LogP contribution is -2.45. The highest BCUT2D eigenvalue weighted by Crippen LogP contribution is 2.26. The zero-order chi connectivity index (χ0) is 18.2. The summed E-state index contributed by atoms with van der Waals surface area (Å²) in [6.07, 6.45) is 12.5. The van der Waals surface area contributed by atoms with Crippen LogP contribution in [0.25, 0.3) is 0 Å². The van der Waals surface area contributed by atoms with Crippen LogP contribution in [-0.2, 0) is 16.1 Å². The molecule has 0 bridgehead atoms. The molecular weight excluding hydrogens is 328 g/mol. The van der Waals surface area contributed by atoms with E-state index in [4.69, 9.17) is 4.74 Å². The number of likely N-dealkylation sites (tertiary alicyclic amines) is 2. The van der Waals surface area contributed by atoms with E-state index in [0.717, 1.165) is 51.4 Å². The molecular formula is C20H34N4O2. The van der Waals surface area contributed by atoms with Crippen molar-refractivity contribution in [1.29, 1.82) is 0 Å². The fraction of sp³-hybridized carbons (Fsp3) is 0.800. The Kier molecular flexibility index (Phi) is 7.50. The van der Waals surface area contributed by atoms with Gasteiger partial charge in [0.25, 0.3) is 0 Å². The zero-order valence-electron chi connectivity index (χ0n) is 16.2. The largest absolute Gasteiger partial charge is 0.383 e. The Morgan fingerprint density at radius 2 is 1.92 bits per heavy atom. The second kappa shape index (κ2) is 10.1. The molecule has 26 heavy (non-hydrogen) atoms. The number of hydrogen-bond acceptors (Lipinski definition) is 4.